The number of carboxylic acids is 1. The molecule has 5 nitrogen and oxygen atoms in total. The van der Waals surface area contributed by atoms with E-state index in [2.05, 4.69) is 10.1 Å². The quantitative estimate of drug-likeness (QED) is 0.175. The van der Waals surface area contributed by atoms with Crippen molar-refractivity contribution in [2.45, 2.75) is 19.8 Å². The molecule has 1 heterocycles. The smallest absolute Gasteiger partial charge is 0.335 e. The third-order valence-electron chi connectivity index (χ3n) is 5.72. The van der Waals surface area contributed by atoms with E-state index in [0.29, 0.717) is 23.6 Å². The van der Waals surface area contributed by atoms with Gasteiger partial charge in [-0.25, -0.2) is 9.78 Å². The molecule has 0 saturated carbocycles. The summed E-state index contributed by atoms with van der Waals surface area (Å²) in [6.07, 6.45) is 4.72. The highest BCUT2D eigenvalue weighted by atomic mass is 35.5. The molecule has 0 saturated heterocycles. The minimum absolute atomic E-state index is 0.276. The number of carboxylic acid groups (broad SMARTS) is 1. The first kappa shape index (κ1) is 23.2. The molecule has 0 aliphatic rings. The van der Waals surface area contributed by atoms with E-state index in [4.69, 9.17) is 11.6 Å². The van der Waals surface area contributed by atoms with Gasteiger partial charge in [0.15, 0.2) is 0 Å². The van der Waals surface area contributed by atoms with Crippen LogP contribution in [0.25, 0.3) is 23.1 Å². The number of hydrogen-bond donors (Lipinski definition) is 2. The Balaban J connectivity index is 1.53. The summed E-state index contributed by atoms with van der Waals surface area (Å²) in [5.41, 5.74) is 5.74. The second-order valence-electron chi connectivity index (χ2n) is 7.98. The van der Waals surface area contributed by atoms with Crippen molar-refractivity contribution in [3.8, 4) is 0 Å². The summed E-state index contributed by atoms with van der Waals surface area (Å²) in [7, 11) is 0. The van der Waals surface area contributed by atoms with Crippen LogP contribution >= 0.6 is 11.6 Å². The van der Waals surface area contributed by atoms with Crippen LogP contribution in [0.2, 0.25) is 5.02 Å². The molecule has 0 aliphatic heterocycles. The van der Waals surface area contributed by atoms with Crippen molar-refractivity contribution in [3.05, 3.63) is 111 Å². The number of aromatic carboxylic acids is 1. The Morgan fingerprint density at radius 2 is 1.82 bits per heavy atom. The van der Waals surface area contributed by atoms with Crippen molar-refractivity contribution in [1.82, 2.24) is 4.98 Å². The summed E-state index contributed by atoms with van der Waals surface area (Å²) in [5.74, 6) is -0.960. The second kappa shape index (κ2) is 10.3. The van der Waals surface area contributed by atoms with Crippen LogP contribution in [0.3, 0.4) is 0 Å². The molecular formula is C28H23ClN2O3. The van der Waals surface area contributed by atoms with Gasteiger partial charge in [-0.3, -0.25) is 0 Å². The van der Waals surface area contributed by atoms with Crippen molar-refractivity contribution in [3.63, 3.8) is 0 Å². The van der Waals surface area contributed by atoms with Crippen molar-refractivity contribution < 1.29 is 15.1 Å². The lowest BCUT2D eigenvalue weighted by Gasteiger charge is -2.11. The lowest BCUT2D eigenvalue weighted by molar-refractivity contribution is 0.0695. The van der Waals surface area contributed by atoms with E-state index in [1.807, 2.05) is 79.7 Å². The van der Waals surface area contributed by atoms with E-state index in [0.717, 1.165) is 38.9 Å². The number of oxime groups is 1. The van der Waals surface area contributed by atoms with E-state index in [-0.39, 0.29) is 5.56 Å². The van der Waals surface area contributed by atoms with Crippen LogP contribution in [0.15, 0.2) is 78.0 Å². The predicted molar refractivity (Wildman–Crippen MR) is 137 cm³/mol. The molecule has 0 unspecified atom stereocenters. The fourth-order valence-electron chi connectivity index (χ4n) is 3.93. The molecule has 170 valence electrons. The molecule has 0 atom stereocenters. The zero-order chi connectivity index (χ0) is 24.1. The highest BCUT2D eigenvalue weighted by Gasteiger charge is 2.14. The molecule has 2 N–H and O–H groups in total. The van der Waals surface area contributed by atoms with Gasteiger partial charge in [0.25, 0.3) is 0 Å². The summed E-state index contributed by atoms with van der Waals surface area (Å²) in [4.78, 5) is 16.2. The van der Waals surface area contributed by atoms with Gasteiger partial charge >= 0.3 is 5.97 Å². The molecule has 4 aromatic rings. The molecule has 0 bridgehead atoms. The Kier molecular flexibility index (Phi) is 7.04. The monoisotopic (exact) mass is 470 g/mol. The van der Waals surface area contributed by atoms with Crippen LogP contribution in [0, 0.1) is 6.92 Å². The third-order valence-corrected chi connectivity index (χ3v) is 5.95. The lowest BCUT2D eigenvalue weighted by atomic mass is 9.94. The largest absolute Gasteiger partial charge is 0.478 e. The van der Waals surface area contributed by atoms with Gasteiger partial charge in [0, 0.05) is 10.4 Å². The van der Waals surface area contributed by atoms with Crippen molar-refractivity contribution >= 4 is 46.3 Å². The highest BCUT2D eigenvalue weighted by molar-refractivity contribution is 6.31. The number of fused-ring (bicyclic) bond motifs is 1. The second-order valence-corrected chi connectivity index (χ2v) is 8.42. The van der Waals surface area contributed by atoms with Gasteiger partial charge in [-0.1, -0.05) is 65.3 Å². The predicted octanol–water partition coefficient (Wildman–Crippen LogP) is 6.88. The molecule has 0 aliphatic carbocycles. The number of rotatable bonds is 7. The first-order valence-corrected chi connectivity index (χ1v) is 11.2. The average Bonchev–Trinajstić information content (AvgIpc) is 2.83. The number of halogens is 1. The number of hydrogen-bond acceptors (Lipinski definition) is 4. The van der Waals surface area contributed by atoms with Crippen molar-refractivity contribution in [2.75, 3.05) is 0 Å². The van der Waals surface area contributed by atoms with Gasteiger partial charge < -0.3 is 10.3 Å². The maximum absolute atomic E-state index is 11.6. The van der Waals surface area contributed by atoms with Gasteiger partial charge in [0.1, 0.15) is 0 Å². The van der Waals surface area contributed by atoms with Crippen LogP contribution in [-0.4, -0.2) is 27.0 Å². The molecule has 0 radical (unpaired) electrons. The standard InChI is InChI=1S/C28H23ClN2O3/c1-18-4-2-7-25(28(32)33)24(18)14-15-26(31-34)21-6-3-5-19(16-21)8-12-23-13-10-20-9-11-22(29)17-27(20)30-23/h2-13,16-17,34H,14-15H2,1H3,(H,32,33). The number of carbonyl (C=O) groups is 1. The number of pyridine rings is 1. The van der Waals surface area contributed by atoms with Crippen LogP contribution in [0.1, 0.15) is 44.7 Å². The van der Waals surface area contributed by atoms with Gasteiger partial charge in [0.05, 0.1) is 22.5 Å². The zero-order valence-corrected chi connectivity index (χ0v) is 19.3. The molecule has 0 amide bonds. The molecule has 6 heteroatoms. The van der Waals surface area contributed by atoms with E-state index in [1.54, 1.807) is 12.1 Å². The van der Waals surface area contributed by atoms with Crippen LogP contribution in [-0.2, 0) is 6.42 Å². The van der Waals surface area contributed by atoms with Gasteiger partial charge in [0.2, 0.25) is 0 Å². The Hall–Kier alpha value is -3.96. The Bertz CT molecular complexity index is 1430. The van der Waals surface area contributed by atoms with Gasteiger partial charge in [-0.05, 0) is 78.4 Å². The summed E-state index contributed by atoms with van der Waals surface area (Å²) in [6, 6.07) is 22.4. The number of aromatic nitrogens is 1. The van der Waals surface area contributed by atoms with Crippen molar-refractivity contribution in [1.29, 1.82) is 0 Å². The summed E-state index contributed by atoms with van der Waals surface area (Å²) >= 11 is 6.08. The molecule has 0 fully saturated rings. The fourth-order valence-corrected chi connectivity index (χ4v) is 4.10. The molecule has 3 aromatic carbocycles. The van der Waals surface area contributed by atoms with Crippen LogP contribution in [0.5, 0.6) is 0 Å². The number of nitrogens with zero attached hydrogens (tertiary/aromatic N) is 2. The van der Waals surface area contributed by atoms with Crippen LogP contribution in [0.4, 0.5) is 0 Å². The van der Waals surface area contributed by atoms with E-state index in [9.17, 15) is 15.1 Å². The summed E-state index contributed by atoms with van der Waals surface area (Å²) in [6.45, 7) is 1.89. The molecular weight excluding hydrogens is 448 g/mol. The molecule has 1 aromatic heterocycles. The van der Waals surface area contributed by atoms with E-state index < -0.39 is 5.97 Å². The topological polar surface area (TPSA) is 82.8 Å². The van der Waals surface area contributed by atoms with E-state index >= 15 is 0 Å². The first-order valence-electron chi connectivity index (χ1n) is 10.8. The molecule has 4 rings (SSSR count). The lowest BCUT2D eigenvalue weighted by Crippen LogP contribution is -2.08. The Morgan fingerprint density at radius 1 is 1.03 bits per heavy atom. The Labute approximate surface area is 202 Å². The molecule has 0 spiro atoms. The van der Waals surface area contributed by atoms with Crippen molar-refractivity contribution in [2.24, 2.45) is 5.16 Å². The van der Waals surface area contributed by atoms with Gasteiger partial charge in [-0.2, -0.15) is 0 Å². The van der Waals surface area contributed by atoms with Crippen LogP contribution < -0.4 is 0 Å². The third kappa shape index (κ3) is 5.33. The SMILES string of the molecule is Cc1cccc(C(=O)O)c1CCC(=NO)c1cccc(C=Cc2ccc3ccc(Cl)cc3n2)c1. The average molecular weight is 471 g/mol. The summed E-state index contributed by atoms with van der Waals surface area (Å²) < 4.78 is 0. The fraction of sp³-hybridized carbons (Fsp3) is 0.107. The number of benzene rings is 3. The van der Waals surface area contributed by atoms with E-state index in [1.165, 1.54) is 0 Å². The zero-order valence-electron chi connectivity index (χ0n) is 18.6. The maximum atomic E-state index is 11.6. The number of aryl methyl sites for hydroxylation is 1. The Morgan fingerprint density at radius 3 is 2.62 bits per heavy atom. The minimum Gasteiger partial charge on any atom is -0.478 e. The normalized spacial score (nSPS) is 11.9. The first-order chi connectivity index (χ1) is 16.4. The minimum atomic E-state index is -0.960. The van der Waals surface area contributed by atoms with Gasteiger partial charge in [-0.15, -0.1) is 0 Å². The summed E-state index contributed by atoms with van der Waals surface area (Å²) in [5, 5.41) is 24.3. The highest BCUT2D eigenvalue weighted by Crippen LogP contribution is 2.21. The molecule has 34 heavy (non-hydrogen) atoms. The maximum Gasteiger partial charge on any atom is 0.335 e.